The molecule has 9 heteroatoms. The van der Waals surface area contributed by atoms with Gasteiger partial charge in [-0.15, -0.1) is 0 Å². The summed E-state index contributed by atoms with van der Waals surface area (Å²) >= 11 is 0. The second kappa shape index (κ2) is 11.6. The van der Waals surface area contributed by atoms with E-state index in [0.29, 0.717) is 18.1 Å². The van der Waals surface area contributed by atoms with E-state index in [-0.39, 0.29) is 5.97 Å². The zero-order valence-corrected chi connectivity index (χ0v) is 20.1. The van der Waals surface area contributed by atoms with E-state index in [4.69, 9.17) is 4.74 Å². The van der Waals surface area contributed by atoms with E-state index in [1.165, 1.54) is 5.56 Å². The largest absolute Gasteiger partial charge is 0.673 e. The summed E-state index contributed by atoms with van der Waals surface area (Å²) in [6.07, 6.45) is 1.81. The van der Waals surface area contributed by atoms with Crippen molar-refractivity contribution in [2.45, 2.75) is 20.8 Å². The average molecular weight is 496 g/mol. The van der Waals surface area contributed by atoms with Crippen molar-refractivity contribution in [1.82, 2.24) is 4.98 Å². The Balaban J connectivity index is 0.000000658. The maximum Gasteiger partial charge on any atom is 0.673 e. The Morgan fingerprint density at radius 3 is 2.00 bits per heavy atom. The molecule has 4 aromatic rings. The van der Waals surface area contributed by atoms with Gasteiger partial charge in [0.15, 0.2) is 0 Å². The molecule has 186 valence electrons. The number of esters is 1. The monoisotopic (exact) mass is 496 g/mol. The fourth-order valence-electron chi connectivity index (χ4n) is 3.52. The number of nitrogens with zero attached hydrogens (tertiary/aromatic N) is 2. The van der Waals surface area contributed by atoms with E-state index in [2.05, 4.69) is 42.2 Å². The van der Waals surface area contributed by atoms with Gasteiger partial charge >= 0.3 is 19.0 Å². The molecule has 0 amide bonds. The van der Waals surface area contributed by atoms with Crippen LogP contribution in [0.3, 0.4) is 0 Å². The molecule has 2 heterocycles. The van der Waals surface area contributed by atoms with E-state index in [0.717, 1.165) is 27.9 Å². The number of benzene rings is 2. The molecule has 2 aromatic carbocycles. The van der Waals surface area contributed by atoms with Crippen molar-refractivity contribution in [2.75, 3.05) is 6.61 Å². The summed E-state index contributed by atoms with van der Waals surface area (Å²) in [4.78, 5) is 17.7. The van der Waals surface area contributed by atoms with Gasteiger partial charge in [0.2, 0.25) is 5.69 Å². The standard InChI is InChI=1S/C27H25N2O2.BF4/c1-4-31-27(30)25-17-23(21-13-10-19(2)11-14-21)16-24(22-8-6-5-7-9-22)29(25)26-15-12-20(3)18-28-26;2-1(3,4)5/h5-18H,4H2,1-3H3;/q+1;-1. The lowest BCUT2D eigenvalue weighted by molar-refractivity contribution is -0.591. The lowest BCUT2D eigenvalue weighted by Crippen LogP contribution is -2.42. The summed E-state index contributed by atoms with van der Waals surface area (Å²) in [6.45, 7) is 6.17. The number of aryl methyl sites for hydroxylation is 2. The smallest absolute Gasteiger partial charge is 0.460 e. The van der Waals surface area contributed by atoms with Crippen LogP contribution in [0.25, 0.3) is 28.2 Å². The number of carbonyl (C=O) groups excluding carboxylic acids is 1. The van der Waals surface area contributed by atoms with E-state index in [1.807, 2.05) is 66.9 Å². The van der Waals surface area contributed by atoms with Crippen molar-refractivity contribution in [1.29, 1.82) is 0 Å². The summed E-state index contributed by atoms with van der Waals surface area (Å²) in [5, 5.41) is 0. The Kier molecular flexibility index (Phi) is 8.58. The lowest BCUT2D eigenvalue weighted by atomic mass is 10.00. The van der Waals surface area contributed by atoms with Crippen LogP contribution in [0.2, 0.25) is 0 Å². The number of carbonyl (C=O) groups is 1. The number of hydrogen-bond acceptors (Lipinski definition) is 3. The topological polar surface area (TPSA) is 43.1 Å². The summed E-state index contributed by atoms with van der Waals surface area (Å²) < 4.78 is 46.3. The summed E-state index contributed by atoms with van der Waals surface area (Å²) in [5.74, 6) is 0.291. The molecule has 0 saturated carbocycles. The second-order valence-corrected chi connectivity index (χ2v) is 7.99. The van der Waals surface area contributed by atoms with Crippen molar-refractivity contribution in [3.63, 3.8) is 0 Å². The van der Waals surface area contributed by atoms with Crippen molar-refractivity contribution in [2.24, 2.45) is 0 Å². The highest BCUT2D eigenvalue weighted by atomic mass is 19.5. The van der Waals surface area contributed by atoms with E-state index < -0.39 is 7.25 Å². The molecule has 0 radical (unpaired) electrons. The molecular formula is C27H25BF4N2O2. The number of hydrogen-bond donors (Lipinski definition) is 0. The van der Waals surface area contributed by atoms with Gasteiger partial charge in [-0.1, -0.05) is 60.2 Å². The molecule has 0 N–H and O–H groups in total. The first kappa shape index (κ1) is 26.6. The van der Waals surface area contributed by atoms with Gasteiger partial charge in [-0.2, -0.15) is 4.57 Å². The lowest BCUT2D eigenvalue weighted by Gasteiger charge is -2.14. The second-order valence-electron chi connectivity index (χ2n) is 7.99. The maximum atomic E-state index is 13.1. The third kappa shape index (κ3) is 7.25. The third-order valence-corrected chi connectivity index (χ3v) is 5.13. The SMILES string of the molecule is CCOC(=O)c1cc(-c2ccc(C)cc2)cc(-c2ccccc2)[n+]1-c1ccc(C)cn1.F[B-](F)(F)F. The molecule has 0 bridgehead atoms. The first-order valence-corrected chi connectivity index (χ1v) is 11.3. The van der Waals surface area contributed by atoms with Crippen molar-refractivity contribution >= 4 is 13.2 Å². The van der Waals surface area contributed by atoms with Gasteiger partial charge in [0.1, 0.15) is 11.9 Å². The summed E-state index contributed by atoms with van der Waals surface area (Å²) in [6, 6.07) is 26.2. The highest BCUT2D eigenvalue weighted by molar-refractivity contribution is 6.50. The van der Waals surface area contributed by atoms with Crippen LogP contribution >= 0.6 is 0 Å². The number of rotatable bonds is 5. The van der Waals surface area contributed by atoms with Crippen LogP contribution in [-0.2, 0) is 4.74 Å². The Morgan fingerprint density at radius 1 is 0.833 bits per heavy atom. The molecule has 4 nitrogen and oxygen atoms in total. The summed E-state index contributed by atoms with van der Waals surface area (Å²) in [5.41, 5.74) is 6.53. The number of aromatic nitrogens is 2. The van der Waals surface area contributed by atoms with Gasteiger partial charge in [-0.05, 0) is 54.6 Å². The number of ether oxygens (including phenoxy) is 1. The van der Waals surface area contributed by atoms with Gasteiger partial charge in [-0.25, -0.2) is 4.79 Å². The fraction of sp³-hybridized carbons (Fsp3) is 0.148. The molecule has 0 atom stereocenters. The zero-order chi connectivity index (χ0) is 26.3. The van der Waals surface area contributed by atoms with Crippen LogP contribution in [-0.4, -0.2) is 24.8 Å². The predicted molar refractivity (Wildman–Crippen MR) is 132 cm³/mol. The van der Waals surface area contributed by atoms with Crippen LogP contribution in [0.1, 0.15) is 28.5 Å². The predicted octanol–water partition coefficient (Wildman–Crippen LogP) is 6.79. The average Bonchev–Trinajstić information content (AvgIpc) is 2.84. The van der Waals surface area contributed by atoms with Crippen LogP contribution in [0.5, 0.6) is 0 Å². The minimum absolute atomic E-state index is 0.301. The Morgan fingerprint density at radius 2 is 1.44 bits per heavy atom. The number of pyridine rings is 2. The Hall–Kier alpha value is -4.01. The highest BCUT2D eigenvalue weighted by Crippen LogP contribution is 2.27. The van der Waals surface area contributed by atoms with Gasteiger partial charge in [0.05, 0.1) is 6.61 Å². The van der Waals surface area contributed by atoms with Crippen molar-refractivity contribution < 1.29 is 31.4 Å². The summed E-state index contributed by atoms with van der Waals surface area (Å²) in [7, 11) is -6.00. The molecule has 0 aliphatic heterocycles. The van der Waals surface area contributed by atoms with E-state index in [9.17, 15) is 22.1 Å². The minimum atomic E-state index is -6.00. The van der Waals surface area contributed by atoms with Gasteiger partial charge in [0.25, 0.3) is 0 Å². The van der Waals surface area contributed by atoms with E-state index >= 15 is 0 Å². The van der Waals surface area contributed by atoms with Crippen LogP contribution in [0.15, 0.2) is 85.1 Å². The molecule has 4 rings (SSSR count). The molecule has 36 heavy (non-hydrogen) atoms. The molecule has 0 saturated heterocycles. The van der Waals surface area contributed by atoms with Gasteiger partial charge in [-0.3, -0.25) is 0 Å². The molecule has 2 aromatic heterocycles. The zero-order valence-electron chi connectivity index (χ0n) is 20.1. The molecule has 0 aliphatic carbocycles. The Bertz CT molecular complexity index is 1300. The molecule has 0 aliphatic rings. The molecule has 0 unspecified atom stereocenters. The number of halogens is 4. The molecular weight excluding hydrogens is 471 g/mol. The fourth-order valence-corrected chi connectivity index (χ4v) is 3.52. The molecule has 0 spiro atoms. The third-order valence-electron chi connectivity index (χ3n) is 5.13. The van der Waals surface area contributed by atoms with Crippen LogP contribution in [0, 0.1) is 13.8 Å². The van der Waals surface area contributed by atoms with Gasteiger partial charge in [0, 0.05) is 17.7 Å². The van der Waals surface area contributed by atoms with Crippen molar-refractivity contribution in [3.05, 3.63) is 102 Å². The highest BCUT2D eigenvalue weighted by Gasteiger charge is 2.27. The van der Waals surface area contributed by atoms with Crippen molar-refractivity contribution in [3.8, 4) is 28.2 Å². The quantitative estimate of drug-likeness (QED) is 0.132. The first-order chi connectivity index (χ1) is 17.1. The van der Waals surface area contributed by atoms with Crippen LogP contribution in [0.4, 0.5) is 17.3 Å². The van der Waals surface area contributed by atoms with Crippen LogP contribution < -0.4 is 4.57 Å². The normalized spacial score (nSPS) is 10.9. The first-order valence-electron chi connectivity index (χ1n) is 11.3. The van der Waals surface area contributed by atoms with E-state index in [1.54, 1.807) is 6.20 Å². The minimum Gasteiger partial charge on any atom is -0.460 e. The Labute approximate surface area is 207 Å². The maximum absolute atomic E-state index is 13.1. The molecule has 0 fully saturated rings. The van der Waals surface area contributed by atoms with Gasteiger partial charge < -0.3 is 22.0 Å².